The fourth-order valence-corrected chi connectivity index (χ4v) is 6.87. The quantitative estimate of drug-likeness (QED) is 0.485. The molecule has 0 saturated heterocycles. The average Bonchev–Trinajstić information content (AvgIpc) is 2.82. The van der Waals surface area contributed by atoms with Crippen LogP contribution in [0.4, 0.5) is 0 Å². The number of hydrogen-bond acceptors (Lipinski definition) is 6. The lowest BCUT2D eigenvalue weighted by atomic mass is 9.46. The van der Waals surface area contributed by atoms with E-state index in [4.69, 9.17) is 0 Å². The molecular weight excluding hydrogens is 348 g/mol. The summed E-state index contributed by atoms with van der Waals surface area (Å²) in [6, 6.07) is 0. The molecule has 3 fully saturated rings. The standard InChI is InChI=1S/C21H26O6/c1-19-6-5-12(23)7-11(19)3-4-13-14-8-16(25)21(27,17(26)10-22)20(14,2)9-15(24)18(13)19/h5-7,10,13-16,18,24-25,27H,3-4,8-9H2,1-2H3/t13-,14-,15-,16-,18+,19-,20-,21-/m0/s1. The minimum atomic E-state index is -2.17. The molecule has 0 unspecified atom stereocenters. The Morgan fingerprint density at radius 3 is 2.67 bits per heavy atom. The zero-order chi connectivity index (χ0) is 19.8. The van der Waals surface area contributed by atoms with E-state index in [0.717, 1.165) is 5.57 Å². The molecular formula is C21H26O6. The van der Waals surface area contributed by atoms with E-state index >= 15 is 0 Å². The van der Waals surface area contributed by atoms with Crippen LogP contribution in [0.2, 0.25) is 0 Å². The van der Waals surface area contributed by atoms with E-state index in [1.807, 2.05) is 13.0 Å². The summed E-state index contributed by atoms with van der Waals surface area (Å²) in [6.07, 6.45) is 4.76. The van der Waals surface area contributed by atoms with Crippen LogP contribution in [-0.2, 0) is 14.4 Å². The van der Waals surface area contributed by atoms with E-state index < -0.39 is 34.4 Å². The lowest BCUT2D eigenvalue weighted by Crippen LogP contribution is -2.63. The van der Waals surface area contributed by atoms with Crippen molar-refractivity contribution in [1.82, 2.24) is 0 Å². The fraction of sp³-hybridized carbons (Fsp3) is 0.667. The van der Waals surface area contributed by atoms with Gasteiger partial charge in [-0.1, -0.05) is 25.5 Å². The predicted molar refractivity (Wildman–Crippen MR) is 95.4 cm³/mol. The second-order valence-corrected chi connectivity index (χ2v) is 9.21. The second kappa shape index (κ2) is 5.69. The van der Waals surface area contributed by atoms with E-state index in [1.54, 1.807) is 19.1 Å². The van der Waals surface area contributed by atoms with Crippen LogP contribution in [0.25, 0.3) is 0 Å². The SMILES string of the molecule is C[C@]12C=CC(=O)C=C1CC[C@@H]1[C@@H]2[C@@H](O)C[C@@]2(C)[C@H]1C[C@H](O)[C@]2(O)C(=O)C=O. The highest BCUT2D eigenvalue weighted by Gasteiger charge is 2.71. The largest absolute Gasteiger partial charge is 0.393 e. The van der Waals surface area contributed by atoms with E-state index in [1.165, 1.54) is 0 Å². The van der Waals surface area contributed by atoms with Gasteiger partial charge in [0.1, 0.15) is 0 Å². The summed E-state index contributed by atoms with van der Waals surface area (Å²) in [7, 11) is 0. The zero-order valence-electron chi connectivity index (χ0n) is 15.6. The molecule has 0 bridgehead atoms. The first-order chi connectivity index (χ1) is 12.6. The summed E-state index contributed by atoms with van der Waals surface area (Å²) in [6.45, 7) is 3.74. The Hall–Kier alpha value is -1.63. The molecule has 27 heavy (non-hydrogen) atoms. The Bertz CT molecular complexity index is 784. The number of Topliss-reactive ketones (excluding diaryl/α,β-unsaturated/α-hetero) is 1. The lowest BCUT2D eigenvalue weighted by molar-refractivity contribution is -0.187. The summed E-state index contributed by atoms with van der Waals surface area (Å²) in [5.41, 5.74) is -2.69. The highest BCUT2D eigenvalue weighted by Crippen LogP contribution is 2.66. The van der Waals surface area contributed by atoms with Gasteiger partial charge in [-0.2, -0.15) is 0 Å². The van der Waals surface area contributed by atoms with Crippen molar-refractivity contribution < 1.29 is 29.7 Å². The van der Waals surface area contributed by atoms with Crippen molar-refractivity contribution in [3.8, 4) is 0 Å². The maximum atomic E-state index is 12.3. The molecule has 0 heterocycles. The normalized spacial score (nSPS) is 51.1. The van der Waals surface area contributed by atoms with Crippen LogP contribution < -0.4 is 0 Å². The van der Waals surface area contributed by atoms with Gasteiger partial charge < -0.3 is 15.3 Å². The number of aldehydes is 1. The third-order valence-corrected chi connectivity index (χ3v) is 8.20. The number of ketones is 2. The van der Waals surface area contributed by atoms with E-state index in [2.05, 4.69) is 0 Å². The zero-order valence-corrected chi connectivity index (χ0v) is 15.6. The highest BCUT2D eigenvalue weighted by molar-refractivity contribution is 6.29. The summed E-state index contributed by atoms with van der Waals surface area (Å²) in [4.78, 5) is 35.3. The predicted octanol–water partition coefficient (Wildman–Crippen LogP) is 0.735. The highest BCUT2D eigenvalue weighted by atomic mass is 16.4. The van der Waals surface area contributed by atoms with Crippen molar-refractivity contribution in [1.29, 1.82) is 0 Å². The molecule has 8 atom stereocenters. The first kappa shape index (κ1) is 18.7. The molecule has 0 aliphatic heterocycles. The topological polar surface area (TPSA) is 112 Å². The number of fused-ring (bicyclic) bond motifs is 5. The third-order valence-electron chi connectivity index (χ3n) is 8.20. The molecule has 3 saturated carbocycles. The molecule has 4 aliphatic rings. The summed E-state index contributed by atoms with van der Waals surface area (Å²) in [5, 5.41) is 32.8. The van der Waals surface area contributed by atoms with Gasteiger partial charge in [0.15, 0.2) is 17.7 Å². The number of aliphatic hydroxyl groups excluding tert-OH is 2. The second-order valence-electron chi connectivity index (χ2n) is 9.21. The first-order valence-corrected chi connectivity index (χ1v) is 9.62. The molecule has 6 heteroatoms. The Morgan fingerprint density at radius 2 is 2.00 bits per heavy atom. The van der Waals surface area contributed by atoms with Crippen molar-refractivity contribution in [2.45, 2.75) is 57.3 Å². The van der Waals surface area contributed by atoms with Crippen molar-refractivity contribution in [2.24, 2.45) is 28.6 Å². The molecule has 3 N–H and O–H groups in total. The van der Waals surface area contributed by atoms with Crippen molar-refractivity contribution in [2.75, 3.05) is 0 Å². The molecule has 0 aromatic heterocycles. The number of aliphatic hydroxyl groups is 3. The number of hydrogen-bond donors (Lipinski definition) is 3. The van der Waals surface area contributed by atoms with E-state index in [9.17, 15) is 29.7 Å². The van der Waals surface area contributed by atoms with Crippen LogP contribution in [0.5, 0.6) is 0 Å². The molecule has 0 radical (unpaired) electrons. The van der Waals surface area contributed by atoms with Gasteiger partial charge in [-0.15, -0.1) is 0 Å². The molecule has 0 aromatic rings. The lowest BCUT2D eigenvalue weighted by Gasteiger charge is -2.59. The molecule has 0 spiro atoms. The molecule has 6 nitrogen and oxygen atoms in total. The summed E-state index contributed by atoms with van der Waals surface area (Å²) < 4.78 is 0. The molecule has 0 amide bonds. The minimum absolute atomic E-state index is 0.0260. The molecule has 4 rings (SSSR count). The van der Waals surface area contributed by atoms with Crippen LogP contribution in [-0.4, -0.2) is 51.0 Å². The average molecular weight is 374 g/mol. The summed E-state index contributed by atoms with van der Waals surface area (Å²) >= 11 is 0. The minimum Gasteiger partial charge on any atom is -0.393 e. The van der Waals surface area contributed by atoms with Gasteiger partial charge in [0.2, 0.25) is 5.78 Å². The van der Waals surface area contributed by atoms with Crippen LogP contribution in [0, 0.1) is 28.6 Å². The van der Waals surface area contributed by atoms with E-state index in [0.29, 0.717) is 12.8 Å². The Kier molecular flexibility index (Phi) is 3.94. The van der Waals surface area contributed by atoms with Crippen LogP contribution >= 0.6 is 0 Å². The van der Waals surface area contributed by atoms with Crippen LogP contribution in [0.3, 0.4) is 0 Å². The van der Waals surface area contributed by atoms with Crippen LogP contribution in [0.1, 0.15) is 39.5 Å². The molecule has 0 aromatic carbocycles. The monoisotopic (exact) mass is 374 g/mol. The van der Waals surface area contributed by atoms with Gasteiger partial charge in [-0.05, 0) is 49.7 Å². The fourth-order valence-electron chi connectivity index (χ4n) is 6.87. The van der Waals surface area contributed by atoms with Crippen molar-refractivity contribution in [3.63, 3.8) is 0 Å². The first-order valence-electron chi connectivity index (χ1n) is 9.62. The third kappa shape index (κ3) is 2.15. The van der Waals surface area contributed by atoms with Gasteiger partial charge >= 0.3 is 0 Å². The van der Waals surface area contributed by atoms with Gasteiger partial charge in [-0.25, -0.2) is 0 Å². The van der Waals surface area contributed by atoms with Crippen molar-refractivity contribution >= 4 is 17.9 Å². The number of allylic oxidation sites excluding steroid dienone is 4. The maximum Gasteiger partial charge on any atom is 0.229 e. The van der Waals surface area contributed by atoms with E-state index in [-0.39, 0.29) is 42.7 Å². The smallest absolute Gasteiger partial charge is 0.229 e. The number of rotatable bonds is 2. The van der Waals surface area contributed by atoms with Gasteiger partial charge in [-0.3, -0.25) is 14.4 Å². The molecule has 4 aliphatic carbocycles. The number of carbonyl (C=O) groups excluding carboxylic acids is 3. The number of carbonyl (C=O) groups is 3. The Balaban J connectivity index is 1.79. The van der Waals surface area contributed by atoms with Gasteiger partial charge in [0.25, 0.3) is 0 Å². The van der Waals surface area contributed by atoms with Gasteiger partial charge in [0, 0.05) is 16.7 Å². The van der Waals surface area contributed by atoms with Crippen LogP contribution in [0.15, 0.2) is 23.8 Å². The maximum absolute atomic E-state index is 12.3. The summed E-state index contributed by atoms with van der Waals surface area (Å²) in [5.74, 6) is -1.45. The van der Waals surface area contributed by atoms with Gasteiger partial charge in [0.05, 0.1) is 12.2 Å². The Labute approximate surface area is 158 Å². The Morgan fingerprint density at radius 1 is 1.30 bits per heavy atom. The van der Waals surface area contributed by atoms with Crippen molar-refractivity contribution in [3.05, 3.63) is 23.8 Å². The molecule has 146 valence electrons.